The Hall–Kier alpha value is -2.23. The molecule has 0 bridgehead atoms. The molecule has 2 aromatic rings. The molecule has 0 atom stereocenters. The van der Waals surface area contributed by atoms with Crippen LogP contribution in [0.25, 0.3) is 11.1 Å². The van der Waals surface area contributed by atoms with Crippen LogP contribution < -0.4 is 9.47 Å². The lowest BCUT2D eigenvalue weighted by Crippen LogP contribution is -1.96. The van der Waals surface area contributed by atoms with E-state index in [1.54, 1.807) is 14.2 Å². The Morgan fingerprint density at radius 2 is 1.48 bits per heavy atom. The van der Waals surface area contributed by atoms with Crippen molar-refractivity contribution < 1.29 is 19.0 Å². The van der Waals surface area contributed by atoms with E-state index in [4.69, 9.17) is 9.47 Å². The Balaban J connectivity index is 2.25. The first-order valence-corrected chi connectivity index (χ1v) is 6.90. The van der Waals surface area contributed by atoms with Crippen LogP contribution in [0.15, 0.2) is 24.3 Å². The van der Waals surface area contributed by atoms with Gasteiger partial charge in [0.05, 0.1) is 14.2 Å². The van der Waals surface area contributed by atoms with E-state index < -0.39 is 5.82 Å². The van der Waals surface area contributed by atoms with E-state index in [2.05, 4.69) is 0 Å². The van der Waals surface area contributed by atoms with E-state index in [9.17, 15) is 9.50 Å². The zero-order valence-electron chi connectivity index (χ0n) is 12.1. The summed E-state index contributed by atoms with van der Waals surface area (Å²) >= 11 is 0. The minimum Gasteiger partial charge on any atom is -0.505 e. The Morgan fingerprint density at radius 3 is 2.14 bits per heavy atom. The third-order valence-electron chi connectivity index (χ3n) is 3.96. The van der Waals surface area contributed by atoms with Gasteiger partial charge < -0.3 is 14.6 Å². The van der Waals surface area contributed by atoms with Crippen LogP contribution in [0.2, 0.25) is 0 Å². The van der Waals surface area contributed by atoms with Crippen molar-refractivity contribution in [2.45, 2.75) is 19.3 Å². The van der Waals surface area contributed by atoms with E-state index in [0.29, 0.717) is 11.5 Å². The number of phenolic OH excluding ortho intramolecular Hbond substituents is 1. The number of fused-ring (bicyclic) bond motifs is 3. The molecule has 0 saturated carbocycles. The normalized spacial score (nSPS) is 13.1. The molecular weight excluding hydrogens is 271 g/mol. The third-order valence-corrected chi connectivity index (χ3v) is 3.96. The van der Waals surface area contributed by atoms with Crippen molar-refractivity contribution in [1.82, 2.24) is 0 Å². The summed E-state index contributed by atoms with van der Waals surface area (Å²) in [6.45, 7) is 0. The van der Waals surface area contributed by atoms with Gasteiger partial charge in [0.2, 0.25) is 0 Å². The lowest BCUT2D eigenvalue weighted by atomic mass is 9.95. The predicted octanol–water partition coefficient (Wildman–Crippen LogP) is 3.70. The number of phenols is 1. The van der Waals surface area contributed by atoms with Crippen molar-refractivity contribution in [2.75, 3.05) is 14.2 Å². The fraction of sp³-hybridized carbons (Fsp3) is 0.294. The van der Waals surface area contributed by atoms with E-state index in [-0.39, 0.29) is 5.75 Å². The number of hydrogen-bond donors (Lipinski definition) is 1. The summed E-state index contributed by atoms with van der Waals surface area (Å²) in [7, 11) is 3.19. The van der Waals surface area contributed by atoms with Gasteiger partial charge in [-0.25, -0.2) is 4.39 Å². The first-order valence-electron chi connectivity index (χ1n) is 6.90. The van der Waals surface area contributed by atoms with Crippen molar-refractivity contribution in [3.63, 3.8) is 0 Å². The van der Waals surface area contributed by atoms with Crippen LogP contribution in [-0.4, -0.2) is 19.3 Å². The third kappa shape index (κ3) is 2.31. The highest BCUT2D eigenvalue weighted by atomic mass is 19.1. The maximum absolute atomic E-state index is 13.8. The van der Waals surface area contributed by atoms with E-state index in [0.717, 1.165) is 41.5 Å². The molecule has 0 radical (unpaired) electrons. The summed E-state index contributed by atoms with van der Waals surface area (Å²) in [6.07, 6.45) is 2.63. The van der Waals surface area contributed by atoms with Crippen LogP contribution in [0.4, 0.5) is 4.39 Å². The van der Waals surface area contributed by atoms with Gasteiger partial charge in [-0.3, -0.25) is 0 Å². The van der Waals surface area contributed by atoms with Crippen molar-refractivity contribution in [3.05, 3.63) is 41.2 Å². The second kappa shape index (κ2) is 5.28. The first kappa shape index (κ1) is 13.7. The molecule has 21 heavy (non-hydrogen) atoms. The monoisotopic (exact) mass is 288 g/mol. The van der Waals surface area contributed by atoms with Crippen LogP contribution in [0.1, 0.15) is 17.5 Å². The van der Waals surface area contributed by atoms with Crippen molar-refractivity contribution >= 4 is 0 Å². The molecule has 110 valence electrons. The number of benzene rings is 2. The fourth-order valence-corrected chi connectivity index (χ4v) is 2.91. The lowest BCUT2D eigenvalue weighted by molar-refractivity contribution is 0.354. The number of methoxy groups -OCH3 is 2. The summed E-state index contributed by atoms with van der Waals surface area (Å²) in [4.78, 5) is 0. The smallest absolute Gasteiger partial charge is 0.165 e. The average Bonchev–Trinajstić information content (AvgIpc) is 2.65. The van der Waals surface area contributed by atoms with Gasteiger partial charge in [-0.2, -0.15) is 0 Å². The summed E-state index contributed by atoms with van der Waals surface area (Å²) in [5.74, 6) is 0.408. The summed E-state index contributed by atoms with van der Waals surface area (Å²) in [5.41, 5.74) is 3.83. The minimum absolute atomic E-state index is 0.294. The second-order valence-electron chi connectivity index (χ2n) is 5.18. The van der Waals surface area contributed by atoms with Gasteiger partial charge in [0.1, 0.15) is 0 Å². The second-order valence-corrected chi connectivity index (χ2v) is 5.18. The molecule has 0 amide bonds. The van der Waals surface area contributed by atoms with E-state index in [1.807, 2.05) is 12.1 Å². The molecular formula is C17H17FO3. The van der Waals surface area contributed by atoms with E-state index >= 15 is 0 Å². The standard InChI is InChI=1S/C17H17FO3/c1-20-16-7-11-5-3-4-10-6-15(19)14(18)8-12(10)13(11)9-17(16)21-2/h6-9,19H,3-5H2,1-2H3. The zero-order valence-corrected chi connectivity index (χ0v) is 12.1. The molecule has 0 fully saturated rings. The van der Waals surface area contributed by atoms with Crippen molar-refractivity contribution in [2.24, 2.45) is 0 Å². The molecule has 0 heterocycles. The molecule has 1 aliphatic carbocycles. The number of halogens is 1. The Labute approximate surface area is 122 Å². The number of ether oxygens (including phenoxy) is 2. The quantitative estimate of drug-likeness (QED) is 0.915. The number of rotatable bonds is 2. The van der Waals surface area contributed by atoms with Crippen LogP contribution in [0, 0.1) is 5.82 Å². The lowest BCUT2D eigenvalue weighted by Gasteiger charge is -2.15. The number of aromatic hydroxyl groups is 1. The van der Waals surface area contributed by atoms with Crippen LogP contribution in [0.3, 0.4) is 0 Å². The number of aryl methyl sites for hydroxylation is 2. The van der Waals surface area contributed by atoms with Crippen LogP contribution in [0.5, 0.6) is 17.2 Å². The molecule has 1 aliphatic rings. The molecule has 0 unspecified atom stereocenters. The SMILES string of the molecule is COc1cc2c(cc1OC)-c1cc(F)c(O)cc1CCC2. The topological polar surface area (TPSA) is 38.7 Å². The Bertz CT molecular complexity index is 695. The molecule has 1 N–H and O–H groups in total. The summed E-state index contributed by atoms with van der Waals surface area (Å²) < 4.78 is 24.4. The van der Waals surface area contributed by atoms with Crippen LogP contribution >= 0.6 is 0 Å². The fourth-order valence-electron chi connectivity index (χ4n) is 2.91. The minimum atomic E-state index is -0.601. The zero-order chi connectivity index (χ0) is 15.0. The molecule has 0 saturated heterocycles. The van der Waals surface area contributed by atoms with E-state index in [1.165, 1.54) is 12.1 Å². The molecule has 0 spiro atoms. The molecule has 0 aromatic heterocycles. The van der Waals surface area contributed by atoms with Crippen molar-refractivity contribution in [1.29, 1.82) is 0 Å². The highest BCUT2D eigenvalue weighted by molar-refractivity contribution is 5.75. The predicted molar refractivity (Wildman–Crippen MR) is 78.6 cm³/mol. The molecule has 4 heteroatoms. The average molecular weight is 288 g/mol. The van der Waals surface area contributed by atoms with Crippen molar-refractivity contribution in [3.8, 4) is 28.4 Å². The van der Waals surface area contributed by atoms with Gasteiger partial charge in [-0.05, 0) is 65.8 Å². The molecule has 2 aromatic carbocycles. The summed E-state index contributed by atoms with van der Waals surface area (Å²) in [5, 5.41) is 9.58. The molecule has 3 nitrogen and oxygen atoms in total. The summed E-state index contributed by atoms with van der Waals surface area (Å²) in [6, 6.07) is 6.76. The van der Waals surface area contributed by atoms with Gasteiger partial charge in [-0.15, -0.1) is 0 Å². The first-order chi connectivity index (χ1) is 10.1. The highest BCUT2D eigenvalue weighted by Crippen LogP contribution is 2.41. The number of hydrogen-bond acceptors (Lipinski definition) is 3. The molecule has 0 aliphatic heterocycles. The van der Waals surface area contributed by atoms with Gasteiger partial charge in [0.25, 0.3) is 0 Å². The Kier molecular flexibility index (Phi) is 3.45. The maximum Gasteiger partial charge on any atom is 0.165 e. The molecule has 3 rings (SSSR count). The maximum atomic E-state index is 13.8. The Morgan fingerprint density at radius 1 is 0.905 bits per heavy atom. The van der Waals surface area contributed by atoms with Gasteiger partial charge in [-0.1, -0.05) is 0 Å². The highest BCUT2D eigenvalue weighted by Gasteiger charge is 2.20. The van der Waals surface area contributed by atoms with Gasteiger partial charge in [0.15, 0.2) is 23.1 Å². The van der Waals surface area contributed by atoms with Gasteiger partial charge in [0, 0.05) is 0 Å². The van der Waals surface area contributed by atoms with Crippen LogP contribution in [-0.2, 0) is 12.8 Å². The largest absolute Gasteiger partial charge is 0.505 e. The van der Waals surface area contributed by atoms with Gasteiger partial charge >= 0.3 is 0 Å².